The standard InChI is InChI=1S/C11H12N2O3S/c12-5-6-17(15,16)13-11-9-4-2-1-3-8(9)7-10(11)14/h1-4,10-11,13-14H,6-7H2. The van der Waals surface area contributed by atoms with Gasteiger partial charge in [-0.3, -0.25) is 0 Å². The molecule has 0 aliphatic heterocycles. The Bertz CT molecular complexity index is 562. The number of aliphatic hydroxyl groups is 1. The molecule has 0 saturated carbocycles. The Balaban J connectivity index is 2.26. The van der Waals surface area contributed by atoms with Crippen LogP contribution in [0.3, 0.4) is 0 Å². The number of fused-ring (bicyclic) bond motifs is 1. The monoisotopic (exact) mass is 252 g/mol. The molecule has 0 fully saturated rings. The summed E-state index contributed by atoms with van der Waals surface area (Å²) in [5, 5.41) is 18.2. The number of aliphatic hydroxyl groups excluding tert-OH is 1. The van der Waals surface area contributed by atoms with Gasteiger partial charge in [0.05, 0.1) is 18.2 Å². The van der Waals surface area contributed by atoms with E-state index in [1.54, 1.807) is 18.2 Å². The minimum absolute atomic E-state index is 0.427. The van der Waals surface area contributed by atoms with Crippen molar-refractivity contribution < 1.29 is 13.5 Å². The lowest BCUT2D eigenvalue weighted by Crippen LogP contribution is -2.35. The van der Waals surface area contributed by atoms with Crippen molar-refractivity contribution in [3.63, 3.8) is 0 Å². The zero-order valence-corrected chi connectivity index (χ0v) is 9.81. The van der Waals surface area contributed by atoms with Crippen molar-refractivity contribution in [1.82, 2.24) is 4.72 Å². The lowest BCUT2D eigenvalue weighted by Gasteiger charge is -2.16. The molecule has 0 saturated heterocycles. The van der Waals surface area contributed by atoms with Crippen molar-refractivity contribution in [3.05, 3.63) is 35.4 Å². The smallest absolute Gasteiger partial charge is 0.225 e. The topological polar surface area (TPSA) is 90.2 Å². The maximum atomic E-state index is 11.5. The fourth-order valence-electron chi connectivity index (χ4n) is 2.04. The molecule has 2 unspecified atom stereocenters. The van der Waals surface area contributed by atoms with Gasteiger partial charge in [-0.2, -0.15) is 5.26 Å². The number of benzene rings is 1. The number of hydrogen-bond acceptors (Lipinski definition) is 4. The van der Waals surface area contributed by atoms with Gasteiger partial charge in [-0.1, -0.05) is 24.3 Å². The molecule has 1 aliphatic carbocycles. The summed E-state index contributed by atoms with van der Waals surface area (Å²) >= 11 is 0. The fraction of sp³-hybridized carbons (Fsp3) is 0.364. The molecule has 17 heavy (non-hydrogen) atoms. The van der Waals surface area contributed by atoms with E-state index in [0.717, 1.165) is 11.1 Å². The Morgan fingerprint density at radius 3 is 2.88 bits per heavy atom. The third kappa shape index (κ3) is 2.47. The molecule has 0 aromatic heterocycles. The Morgan fingerprint density at radius 1 is 1.47 bits per heavy atom. The first-order valence-corrected chi connectivity index (χ1v) is 6.81. The molecule has 0 amide bonds. The van der Waals surface area contributed by atoms with Crippen molar-refractivity contribution in [2.24, 2.45) is 0 Å². The van der Waals surface area contributed by atoms with E-state index in [4.69, 9.17) is 5.26 Å². The fourth-order valence-corrected chi connectivity index (χ4v) is 2.96. The van der Waals surface area contributed by atoms with E-state index < -0.39 is 27.9 Å². The molecule has 2 rings (SSSR count). The molecule has 2 N–H and O–H groups in total. The Labute approximate surface area is 99.7 Å². The highest BCUT2D eigenvalue weighted by Gasteiger charge is 2.33. The molecule has 90 valence electrons. The average Bonchev–Trinajstić information content (AvgIpc) is 2.55. The SMILES string of the molecule is N#CCS(=O)(=O)NC1c2ccccc2CC1O. The Morgan fingerprint density at radius 2 is 2.18 bits per heavy atom. The highest BCUT2D eigenvalue weighted by atomic mass is 32.2. The van der Waals surface area contributed by atoms with Gasteiger partial charge in [-0.05, 0) is 11.1 Å². The van der Waals surface area contributed by atoms with Crippen molar-refractivity contribution in [2.75, 3.05) is 5.75 Å². The molecule has 5 nitrogen and oxygen atoms in total. The van der Waals surface area contributed by atoms with Gasteiger partial charge < -0.3 is 5.11 Å². The first-order chi connectivity index (χ1) is 8.03. The van der Waals surface area contributed by atoms with Crippen LogP contribution < -0.4 is 4.72 Å². The average molecular weight is 252 g/mol. The number of sulfonamides is 1. The first kappa shape index (κ1) is 12.0. The minimum atomic E-state index is -3.66. The normalized spacial score (nSPS) is 23.1. The molecule has 0 bridgehead atoms. The highest BCUT2D eigenvalue weighted by molar-refractivity contribution is 7.89. The van der Waals surface area contributed by atoms with E-state index in [1.165, 1.54) is 0 Å². The number of hydrogen-bond donors (Lipinski definition) is 2. The number of nitrogens with one attached hydrogen (secondary N) is 1. The third-order valence-electron chi connectivity index (χ3n) is 2.77. The molecule has 6 heteroatoms. The van der Waals surface area contributed by atoms with Crippen molar-refractivity contribution in [1.29, 1.82) is 5.26 Å². The molecule has 0 heterocycles. The van der Waals surface area contributed by atoms with Crippen LogP contribution >= 0.6 is 0 Å². The van der Waals surface area contributed by atoms with E-state index in [9.17, 15) is 13.5 Å². The highest BCUT2D eigenvalue weighted by Crippen LogP contribution is 2.31. The summed E-state index contributed by atoms with van der Waals surface area (Å²) in [6.45, 7) is 0. The molecular formula is C11H12N2O3S. The van der Waals surface area contributed by atoms with E-state index in [0.29, 0.717) is 6.42 Å². The second-order valence-corrected chi connectivity index (χ2v) is 5.74. The van der Waals surface area contributed by atoms with Gasteiger partial charge >= 0.3 is 0 Å². The van der Waals surface area contributed by atoms with Gasteiger partial charge in [-0.15, -0.1) is 0 Å². The number of nitrogens with zero attached hydrogens (tertiary/aromatic N) is 1. The van der Waals surface area contributed by atoms with Crippen LogP contribution in [0.2, 0.25) is 0 Å². The summed E-state index contributed by atoms with van der Waals surface area (Å²) in [5.74, 6) is -0.599. The summed E-state index contributed by atoms with van der Waals surface area (Å²) in [4.78, 5) is 0. The summed E-state index contributed by atoms with van der Waals surface area (Å²) in [5.41, 5.74) is 1.71. The van der Waals surface area contributed by atoms with Gasteiger partial charge in [0.25, 0.3) is 0 Å². The zero-order valence-electron chi connectivity index (χ0n) is 9.00. The lowest BCUT2D eigenvalue weighted by molar-refractivity contribution is 0.151. The summed E-state index contributed by atoms with van der Waals surface area (Å²) in [7, 11) is -3.66. The molecule has 0 radical (unpaired) electrons. The largest absolute Gasteiger partial charge is 0.391 e. The third-order valence-corrected chi connectivity index (χ3v) is 3.89. The van der Waals surface area contributed by atoms with Crippen LogP contribution in [-0.4, -0.2) is 25.4 Å². The summed E-state index contributed by atoms with van der Waals surface area (Å²) < 4.78 is 25.4. The Kier molecular flexibility index (Phi) is 3.15. The molecule has 2 atom stereocenters. The van der Waals surface area contributed by atoms with Gasteiger partial charge in [0.1, 0.15) is 0 Å². The van der Waals surface area contributed by atoms with Crippen LogP contribution in [0.15, 0.2) is 24.3 Å². The lowest BCUT2D eigenvalue weighted by atomic mass is 10.1. The predicted octanol–water partition coefficient (Wildman–Crippen LogP) is 0.0877. The van der Waals surface area contributed by atoms with Gasteiger partial charge in [-0.25, -0.2) is 13.1 Å². The molecule has 1 aromatic rings. The molecular weight excluding hydrogens is 240 g/mol. The maximum absolute atomic E-state index is 11.5. The minimum Gasteiger partial charge on any atom is -0.391 e. The molecule has 1 aromatic carbocycles. The summed E-state index contributed by atoms with van der Waals surface area (Å²) in [6, 6.07) is 8.22. The molecule has 1 aliphatic rings. The van der Waals surface area contributed by atoms with E-state index >= 15 is 0 Å². The van der Waals surface area contributed by atoms with Gasteiger partial charge in [0.2, 0.25) is 10.0 Å². The van der Waals surface area contributed by atoms with Crippen LogP contribution in [0.25, 0.3) is 0 Å². The van der Waals surface area contributed by atoms with E-state index in [2.05, 4.69) is 4.72 Å². The van der Waals surface area contributed by atoms with Gasteiger partial charge in [0, 0.05) is 6.42 Å². The van der Waals surface area contributed by atoms with Crippen LogP contribution in [0.1, 0.15) is 17.2 Å². The Hall–Kier alpha value is -1.42. The van der Waals surface area contributed by atoms with Gasteiger partial charge in [0.15, 0.2) is 5.75 Å². The van der Waals surface area contributed by atoms with Crippen molar-refractivity contribution in [2.45, 2.75) is 18.6 Å². The van der Waals surface area contributed by atoms with Crippen LogP contribution in [0.5, 0.6) is 0 Å². The van der Waals surface area contributed by atoms with Crippen LogP contribution in [0.4, 0.5) is 0 Å². The summed E-state index contributed by atoms with van der Waals surface area (Å²) in [6.07, 6.45) is -0.350. The second-order valence-electron chi connectivity index (χ2n) is 3.98. The van der Waals surface area contributed by atoms with Crippen molar-refractivity contribution >= 4 is 10.0 Å². The predicted molar refractivity (Wildman–Crippen MR) is 61.4 cm³/mol. The second kappa shape index (κ2) is 4.45. The zero-order chi connectivity index (χ0) is 12.5. The van der Waals surface area contributed by atoms with Crippen LogP contribution in [-0.2, 0) is 16.4 Å². The van der Waals surface area contributed by atoms with E-state index in [1.807, 2.05) is 12.1 Å². The number of rotatable bonds is 3. The van der Waals surface area contributed by atoms with Crippen molar-refractivity contribution in [3.8, 4) is 6.07 Å². The quantitative estimate of drug-likeness (QED) is 0.797. The van der Waals surface area contributed by atoms with E-state index in [-0.39, 0.29) is 0 Å². The first-order valence-electron chi connectivity index (χ1n) is 5.16. The van der Waals surface area contributed by atoms with Crippen LogP contribution in [0, 0.1) is 11.3 Å². The maximum Gasteiger partial charge on any atom is 0.225 e. The molecule has 0 spiro atoms. The number of nitriles is 1.